The molecule has 2 aromatic heterocycles. The van der Waals surface area contributed by atoms with Crippen molar-refractivity contribution in [2.45, 2.75) is 44.6 Å². The van der Waals surface area contributed by atoms with Gasteiger partial charge in [0.15, 0.2) is 0 Å². The fraction of sp³-hybridized carbons (Fsp3) is 0.375. The van der Waals surface area contributed by atoms with Crippen molar-refractivity contribution in [3.63, 3.8) is 0 Å². The van der Waals surface area contributed by atoms with Crippen LogP contribution in [0.25, 0.3) is 16.9 Å². The number of hydrogen-bond acceptors (Lipinski definition) is 7. The quantitative estimate of drug-likeness (QED) is 0.259. The Morgan fingerprint density at radius 3 is 2.65 bits per heavy atom. The van der Waals surface area contributed by atoms with Gasteiger partial charge in [0, 0.05) is 49.4 Å². The Kier molecular flexibility index (Phi) is 8.44. The predicted molar refractivity (Wildman–Crippen MR) is 156 cm³/mol. The topological polar surface area (TPSA) is 97.6 Å². The standard InChI is InChI=1S/C32H34F2N4O5/c1-41-27-13-21(14-28(43-32(33)34)30(27)31(40)36-23-7-8-23)25-16-35-29-15-24(9-12-38(25)29)42-19-22-18-37(11-10-26(22)39)17-20-5-3-2-4-6-20/h2-6,9,12-16,22-23,26,32,39H,7-8,10-11,17-19H2,1H3,(H,36,40)/t22-,26+/m1/s1. The minimum atomic E-state index is -3.12. The van der Waals surface area contributed by atoms with Gasteiger partial charge in [-0.3, -0.25) is 14.1 Å². The number of aliphatic hydroxyl groups excluding tert-OH is 1. The van der Waals surface area contributed by atoms with E-state index in [1.807, 2.05) is 18.2 Å². The Balaban J connectivity index is 1.19. The lowest BCUT2D eigenvalue weighted by Gasteiger charge is -2.36. The molecule has 1 saturated carbocycles. The minimum Gasteiger partial charge on any atom is -0.496 e. The number of alkyl halides is 2. The van der Waals surface area contributed by atoms with Gasteiger partial charge in [-0.1, -0.05) is 30.3 Å². The lowest BCUT2D eigenvalue weighted by Crippen LogP contribution is -2.45. The van der Waals surface area contributed by atoms with Gasteiger partial charge in [0.25, 0.3) is 5.91 Å². The first kappa shape index (κ1) is 28.9. The highest BCUT2D eigenvalue weighted by Crippen LogP contribution is 2.37. The number of hydrogen-bond donors (Lipinski definition) is 2. The summed E-state index contributed by atoms with van der Waals surface area (Å²) >= 11 is 0. The molecule has 1 saturated heterocycles. The van der Waals surface area contributed by atoms with Crippen molar-refractivity contribution in [1.82, 2.24) is 19.6 Å². The Labute approximate surface area is 248 Å². The van der Waals surface area contributed by atoms with Crippen LogP contribution < -0.4 is 19.5 Å². The van der Waals surface area contributed by atoms with Crippen LogP contribution in [-0.4, -0.2) is 70.9 Å². The maximum absolute atomic E-state index is 13.4. The Morgan fingerprint density at radius 2 is 1.91 bits per heavy atom. The summed E-state index contributed by atoms with van der Waals surface area (Å²) in [6.07, 6.45) is 5.32. The first-order valence-electron chi connectivity index (χ1n) is 14.4. The van der Waals surface area contributed by atoms with Gasteiger partial charge >= 0.3 is 6.61 Å². The number of carbonyl (C=O) groups excluding carboxylic acids is 1. The maximum Gasteiger partial charge on any atom is 0.387 e. The number of carbonyl (C=O) groups is 1. The number of likely N-dealkylation sites (tertiary alicyclic amines) is 1. The summed E-state index contributed by atoms with van der Waals surface area (Å²) in [6, 6.07) is 16.9. The number of aromatic nitrogens is 2. The van der Waals surface area contributed by atoms with Crippen molar-refractivity contribution in [3.05, 3.63) is 78.1 Å². The molecule has 0 bridgehead atoms. The van der Waals surface area contributed by atoms with Crippen molar-refractivity contribution in [1.29, 1.82) is 0 Å². The van der Waals surface area contributed by atoms with Crippen molar-refractivity contribution < 1.29 is 32.9 Å². The number of methoxy groups -OCH3 is 1. The summed E-state index contributed by atoms with van der Waals surface area (Å²) in [4.78, 5) is 19.7. The second-order valence-electron chi connectivity index (χ2n) is 11.1. The molecule has 0 unspecified atom stereocenters. The number of piperidine rings is 1. The number of pyridine rings is 1. The van der Waals surface area contributed by atoms with Gasteiger partial charge in [-0.05, 0) is 43.0 Å². The fourth-order valence-corrected chi connectivity index (χ4v) is 5.51. The van der Waals surface area contributed by atoms with E-state index in [0.29, 0.717) is 35.7 Å². The molecule has 3 heterocycles. The highest BCUT2D eigenvalue weighted by molar-refractivity contribution is 6.01. The third-order valence-electron chi connectivity index (χ3n) is 7.91. The Morgan fingerprint density at radius 1 is 1.12 bits per heavy atom. The first-order valence-corrected chi connectivity index (χ1v) is 14.4. The van der Waals surface area contributed by atoms with Gasteiger partial charge in [0.2, 0.25) is 0 Å². The normalized spacial score (nSPS) is 19.0. The molecule has 1 aliphatic carbocycles. The average molecular weight is 593 g/mol. The average Bonchev–Trinajstić information content (AvgIpc) is 3.71. The summed E-state index contributed by atoms with van der Waals surface area (Å²) in [5.41, 5.74) is 2.82. The molecule has 6 rings (SSSR count). The van der Waals surface area contributed by atoms with Gasteiger partial charge in [-0.25, -0.2) is 4.98 Å². The highest BCUT2D eigenvalue weighted by atomic mass is 19.3. The first-order chi connectivity index (χ1) is 20.9. The molecule has 43 heavy (non-hydrogen) atoms. The van der Waals surface area contributed by atoms with Crippen LogP contribution in [0.5, 0.6) is 17.2 Å². The number of benzene rings is 2. The number of amides is 1. The van der Waals surface area contributed by atoms with Crippen molar-refractivity contribution in [2.24, 2.45) is 5.92 Å². The summed E-state index contributed by atoms with van der Waals surface area (Å²) in [7, 11) is 1.38. The Bertz CT molecular complexity index is 1580. The molecule has 4 aromatic rings. The van der Waals surface area contributed by atoms with E-state index in [9.17, 15) is 18.7 Å². The molecule has 1 amide bonds. The van der Waals surface area contributed by atoms with Gasteiger partial charge < -0.3 is 24.6 Å². The summed E-state index contributed by atoms with van der Waals surface area (Å²) < 4.78 is 44.8. The lowest BCUT2D eigenvalue weighted by molar-refractivity contribution is -0.0502. The zero-order valence-electron chi connectivity index (χ0n) is 23.8. The fourth-order valence-electron chi connectivity index (χ4n) is 5.51. The molecule has 11 heteroatoms. The highest BCUT2D eigenvalue weighted by Gasteiger charge is 2.30. The number of nitrogens with one attached hydrogen (secondary N) is 1. The van der Waals surface area contributed by atoms with Gasteiger partial charge in [-0.15, -0.1) is 0 Å². The van der Waals surface area contributed by atoms with E-state index in [1.54, 1.807) is 35.0 Å². The SMILES string of the molecule is COc1cc(-c2cnc3cc(OC[C@H]4CN(Cc5ccccc5)CC[C@@H]4O)ccn23)cc(OC(F)F)c1C(=O)NC1CC1. The lowest BCUT2D eigenvalue weighted by atomic mass is 9.95. The molecule has 2 atom stereocenters. The smallest absolute Gasteiger partial charge is 0.387 e. The zero-order valence-corrected chi connectivity index (χ0v) is 23.8. The van der Waals surface area contributed by atoms with E-state index in [4.69, 9.17) is 14.2 Å². The third kappa shape index (κ3) is 6.73. The van der Waals surface area contributed by atoms with Crippen molar-refractivity contribution in [3.8, 4) is 28.5 Å². The van der Waals surface area contributed by atoms with E-state index >= 15 is 0 Å². The van der Waals surface area contributed by atoms with E-state index in [0.717, 1.165) is 32.5 Å². The monoisotopic (exact) mass is 592 g/mol. The number of fused-ring (bicyclic) bond motifs is 1. The summed E-state index contributed by atoms with van der Waals surface area (Å²) in [5, 5.41) is 13.4. The molecule has 2 aliphatic rings. The largest absolute Gasteiger partial charge is 0.496 e. The molecule has 2 fully saturated rings. The van der Waals surface area contributed by atoms with E-state index < -0.39 is 18.6 Å². The number of rotatable bonds is 11. The second kappa shape index (κ2) is 12.6. The molecule has 2 aromatic carbocycles. The molecular formula is C32H34F2N4O5. The van der Waals surface area contributed by atoms with Crippen LogP contribution in [0, 0.1) is 5.92 Å². The van der Waals surface area contributed by atoms with Crippen LogP contribution in [0.2, 0.25) is 0 Å². The second-order valence-corrected chi connectivity index (χ2v) is 11.1. The minimum absolute atomic E-state index is 0.0288. The molecule has 226 valence electrons. The molecule has 1 aliphatic heterocycles. The van der Waals surface area contributed by atoms with Crippen LogP contribution in [0.1, 0.15) is 35.2 Å². The molecule has 9 nitrogen and oxygen atoms in total. The van der Waals surface area contributed by atoms with Crippen LogP contribution in [-0.2, 0) is 6.54 Å². The number of halogens is 2. The third-order valence-corrected chi connectivity index (χ3v) is 7.91. The molecule has 0 spiro atoms. The van der Waals surface area contributed by atoms with E-state index in [-0.39, 0.29) is 29.0 Å². The van der Waals surface area contributed by atoms with Crippen LogP contribution in [0.3, 0.4) is 0 Å². The van der Waals surface area contributed by atoms with Crippen molar-refractivity contribution >= 4 is 11.6 Å². The molecule has 0 radical (unpaired) electrons. The number of nitrogens with zero attached hydrogens (tertiary/aromatic N) is 3. The summed E-state index contributed by atoms with van der Waals surface area (Å²) in [5.74, 6) is -0.116. The zero-order chi connectivity index (χ0) is 29.9. The van der Waals surface area contributed by atoms with E-state index in [2.05, 4.69) is 27.3 Å². The maximum atomic E-state index is 13.4. The number of aliphatic hydroxyl groups is 1. The van der Waals surface area contributed by atoms with Gasteiger partial charge in [-0.2, -0.15) is 8.78 Å². The Hall–Kier alpha value is -4.22. The van der Waals surface area contributed by atoms with Crippen LogP contribution in [0.4, 0.5) is 8.78 Å². The summed E-state index contributed by atoms with van der Waals surface area (Å²) in [6.45, 7) is -0.385. The number of imidazole rings is 1. The molecular weight excluding hydrogens is 558 g/mol. The van der Waals surface area contributed by atoms with Crippen LogP contribution >= 0.6 is 0 Å². The van der Waals surface area contributed by atoms with Crippen LogP contribution in [0.15, 0.2) is 67.0 Å². The van der Waals surface area contributed by atoms with Crippen molar-refractivity contribution in [2.75, 3.05) is 26.8 Å². The predicted octanol–water partition coefficient (Wildman–Crippen LogP) is 4.77. The van der Waals surface area contributed by atoms with Gasteiger partial charge in [0.1, 0.15) is 28.5 Å². The van der Waals surface area contributed by atoms with Gasteiger partial charge in [0.05, 0.1) is 31.7 Å². The number of ether oxygens (including phenoxy) is 3. The molecule has 2 N–H and O–H groups in total. The van der Waals surface area contributed by atoms with E-state index in [1.165, 1.54) is 18.7 Å².